The van der Waals surface area contributed by atoms with Gasteiger partial charge in [0.1, 0.15) is 0 Å². The molecular formula is C17H34N2O2. The minimum atomic E-state index is -0.123. The molecule has 124 valence electrons. The van der Waals surface area contributed by atoms with E-state index in [1.807, 2.05) is 4.90 Å². The van der Waals surface area contributed by atoms with Crippen LogP contribution in [0.3, 0.4) is 0 Å². The van der Waals surface area contributed by atoms with Crippen LogP contribution in [0, 0.1) is 5.92 Å². The smallest absolute Gasteiger partial charge is 0.229 e. The van der Waals surface area contributed by atoms with Crippen molar-refractivity contribution < 1.29 is 9.53 Å². The van der Waals surface area contributed by atoms with E-state index in [-0.39, 0.29) is 17.9 Å². The number of ether oxygens (including phenoxy) is 1. The minimum absolute atomic E-state index is 0.119. The lowest BCUT2D eigenvalue weighted by Crippen LogP contribution is -2.44. The first-order valence-corrected chi connectivity index (χ1v) is 8.82. The van der Waals surface area contributed by atoms with E-state index in [1.165, 1.54) is 38.5 Å². The van der Waals surface area contributed by atoms with Crippen molar-refractivity contribution in [2.75, 3.05) is 26.3 Å². The number of carbonyl (C=O) groups excluding carboxylic acids is 1. The maximum absolute atomic E-state index is 12.6. The van der Waals surface area contributed by atoms with Crippen LogP contribution in [0.5, 0.6) is 0 Å². The third-order valence-corrected chi connectivity index (χ3v) is 4.32. The molecule has 4 heteroatoms. The van der Waals surface area contributed by atoms with E-state index in [9.17, 15) is 4.79 Å². The number of hydrogen-bond acceptors (Lipinski definition) is 3. The van der Waals surface area contributed by atoms with Crippen molar-refractivity contribution in [1.29, 1.82) is 0 Å². The Kier molecular flexibility index (Phi) is 9.68. The van der Waals surface area contributed by atoms with E-state index in [1.54, 1.807) is 0 Å². The van der Waals surface area contributed by atoms with Gasteiger partial charge in [-0.25, -0.2) is 0 Å². The molecule has 21 heavy (non-hydrogen) atoms. The minimum Gasteiger partial charge on any atom is -0.379 e. The topological polar surface area (TPSA) is 55.6 Å². The van der Waals surface area contributed by atoms with Crippen molar-refractivity contribution >= 4 is 5.91 Å². The second-order valence-corrected chi connectivity index (χ2v) is 6.25. The zero-order valence-corrected chi connectivity index (χ0v) is 14.0. The summed E-state index contributed by atoms with van der Waals surface area (Å²) in [5.41, 5.74) is 6.00. The Balaban J connectivity index is 2.42. The molecule has 0 spiro atoms. The molecule has 0 aliphatic carbocycles. The molecule has 1 saturated heterocycles. The number of nitrogens with zero attached hydrogens (tertiary/aromatic N) is 1. The Morgan fingerprint density at radius 1 is 1.00 bits per heavy atom. The summed E-state index contributed by atoms with van der Waals surface area (Å²) >= 11 is 0. The van der Waals surface area contributed by atoms with Gasteiger partial charge in [0, 0.05) is 19.1 Å². The average molecular weight is 298 g/mol. The summed E-state index contributed by atoms with van der Waals surface area (Å²) in [4.78, 5) is 14.7. The van der Waals surface area contributed by atoms with Crippen LogP contribution >= 0.6 is 0 Å². The predicted molar refractivity (Wildman–Crippen MR) is 87.1 cm³/mol. The maximum Gasteiger partial charge on any atom is 0.229 e. The lowest BCUT2D eigenvalue weighted by atomic mass is 10.0. The van der Waals surface area contributed by atoms with Crippen molar-refractivity contribution in [1.82, 2.24) is 4.90 Å². The van der Waals surface area contributed by atoms with Crippen LogP contribution in [-0.2, 0) is 9.53 Å². The molecule has 1 aliphatic rings. The van der Waals surface area contributed by atoms with Crippen LogP contribution in [0.2, 0.25) is 0 Å². The quantitative estimate of drug-likeness (QED) is 0.597. The first kappa shape index (κ1) is 18.4. The van der Waals surface area contributed by atoms with Crippen LogP contribution in [-0.4, -0.2) is 43.2 Å². The Morgan fingerprint density at radius 2 is 1.57 bits per heavy atom. The van der Waals surface area contributed by atoms with Crippen LogP contribution in [0.4, 0.5) is 0 Å². The molecule has 4 nitrogen and oxygen atoms in total. The van der Waals surface area contributed by atoms with Crippen molar-refractivity contribution in [3.05, 3.63) is 0 Å². The van der Waals surface area contributed by atoms with E-state index in [2.05, 4.69) is 13.8 Å². The van der Waals surface area contributed by atoms with E-state index < -0.39 is 0 Å². The standard InChI is InChI=1S/C17H34N2O2/c1-3-5-7-9-11-19(12-10-8-6-4-2)17(20)15-13-21-14-16(15)18/h15-16H,3-14,18H2,1-2H3. The molecule has 0 radical (unpaired) electrons. The van der Waals surface area contributed by atoms with Crippen molar-refractivity contribution in [2.45, 2.75) is 71.3 Å². The van der Waals surface area contributed by atoms with Crippen LogP contribution in [0.15, 0.2) is 0 Å². The summed E-state index contributed by atoms with van der Waals surface area (Å²) in [6, 6.07) is -0.119. The maximum atomic E-state index is 12.6. The van der Waals surface area contributed by atoms with Crippen LogP contribution in [0.1, 0.15) is 65.2 Å². The largest absolute Gasteiger partial charge is 0.379 e. The first-order chi connectivity index (χ1) is 10.2. The number of unbranched alkanes of at least 4 members (excludes halogenated alkanes) is 6. The van der Waals surface area contributed by atoms with Gasteiger partial charge in [-0.1, -0.05) is 52.4 Å². The molecule has 1 aliphatic heterocycles. The van der Waals surface area contributed by atoms with Gasteiger partial charge in [-0.2, -0.15) is 0 Å². The first-order valence-electron chi connectivity index (χ1n) is 8.82. The van der Waals surface area contributed by atoms with Gasteiger partial charge in [-0.05, 0) is 12.8 Å². The summed E-state index contributed by atoms with van der Waals surface area (Å²) in [6.07, 6.45) is 9.60. The molecule has 1 fully saturated rings. The van der Waals surface area contributed by atoms with Gasteiger partial charge in [0.15, 0.2) is 0 Å². The number of nitrogens with two attached hydrogens (primary N) is 1. The van der Waals surface area contributed by atoms with Gasteiger partial charge in [-0.15, -0.1) is 0 Å². The van der Waals surface area contributed by atoms with E-state index in [0.29, 0.717) is 13.2 Å². The molecule has 2 unspecified atom stereocenters. The Morgan fingerprint density at radius 3 is 2.00 bits per heavy atom. The highest BCUT2D eigenvalue weighted by atomic mass is 16.5. The fraction of sp³-hybridized carbons (Fsp3) is 0.941. The molecule has 1 amide bonds. The molecule has 0 saturated carbocycles. The Hall–Kier alpha value is -0.610. The van der Waals surface area contributed by atoms with Crippen molar-refractivity contribution in [2.24, 2.45) is 11.7 Å². The van der Waals surface area contributed by atoms with Gasteiger partial charge in [0.25, 0.3) is 0 Å². The third kappa shape index (κ3) is 6.79. The van der Waals surface area contributed by atoms with Crippen molar-refractivity contribution in [3.63, 3.8) is 0 Å². The van der Waals surface area contributed by atoms with Crippen molar-refractivity contribution in [3.8, 4) is 0 Å². The Bertz CT molecular complexity index is 272. The number of amides is 1. The highest BCUT2D eigenvalue weighted by molar-refractivity contribution is 5.80. The lowest BCUT2D eigenvalue weighted by molar-refractivity contribution is -0.136. The molecule has 0 aromatic heterocycles. The molecule has 2 N–H and O–H groups in total. The highest BCUT2D eigenvalue weighted by Gasteiger charge is 2.33. The molecule has 0 aromatic carbocycles. The molecule has 1 heterocycles. The molecule has 0 aromatic rings. The van der Waals surface area contributed by atoms with E-state index in [4.69, 9.17) is 10.5 Å². The summed E-state index contributed by atoms with van der Waals surface area (Å²) in [6.45, 7) is 7.21. The average Bonchev–Trinajstić information content (AvgIpc) is 2.91. The zero-order chi connectivity index (χ0) is 15.5. The second kappa shape index (κ2) is 11.0. The fourth-order valence-electron chi connectivity index (χ4n) is 2.85. The lowest BCUT2D eigenvalue weighted by Gasteiger charge is -2.26. The normalized spacial score (nSPS) is 21.7. The monoisotopic (exact) mass is 298 g/mol. The fourth-order valence-corrected chi connectivity index (χ4v) is 2.85. The van der Waals surface area contributed by atoms with Crippen LogP contribution < -0.4 is 5.73 Å². The SMILES string of the molecule is CCCCCCN(CCCCCC)C(=O)C1COCC1N. The van der Waals surface area contributed by atoms with Gasteiger partial charge < -0.3 is 15.4 Å². The highest BCUT2D eigenvalue weighted by Crippen LogP contribution is 2.16. The summed E-state index contributed by atoms with van der Waals surface area (Å²) in [5, 5.41) is 0. The van der Waals surface area contributed by atoms with Gasteiger partial charge in [-0.3, -0.25) is 4.79 Å². The van der Waals surface area contributed by atoms with Gasteiger partial charge in [0.05, 0.1) is 19.1 Å². The summed E-state index contributed by atoms with van der Waals surface area (Å²) < 4.78 is 5.35. The van der Waals surface area contributed by atoms with E-state index in [0.717, 1.165) is 25.9 Å². The molecule has 2 atom stereocenters. The number of rotatable bonds is 11. The molecule has 0 bridgehead atoms. The zero-order valence-electron chi connectivity index (χ0n) is 14.0. The number of hydrogen-bond donors (Lipinski definition) is 1. The number of carbonyl (C=O) groups is 1. The third-order valence-electron chi connectivity index (χ3n) is 4.32. The van der Waals surface area contributed by atoms with Gasteiger partial charge >= 0.3 is 0 Å². The second-order valence-electron chi connectivity index (χ2n) is 6.25. The Labute approximate surface area is 130 Å². The summed E-state index contributed by atoms with van der Waals surface area (Å²) in [5.74, 6) is 0.0929. The summed E-state index contributed by atoms with van der Waals surface area (Å²) in [7, 11) is 0. The predicted octanol–water partition coefficient (Wildman–Crippen LogP) is 2.95. The molecule has 1 rings (SSSR count). The molecular weight excluding hydrogens is 264 g/mol. The van der Waals surface area contributed by atoms with Gasteiger partial charge in [0.2, 0.25) is 5.91 Å². The van der Waals surface area contributed by atoms with Crippen LogP contribution in [0.25, 0.3) is 0 Å². The van der Waals surface area contributed by atoms with E-state index >= 15 is 0 Å².